The van der Waals surface area contributed by atoms with E-state index in [1.165, 1.54) is 32.7 Å². The maximum Gasteiger partial charge on any atom is 0.0239 e. The third kappa shape index (κ3) is 2.15. The van der Waals surface area contributed by atoms with Gasteiger partial charge in [0.2, 0.25) is 0 Å². The lowest BCUT2D eigenvalue weighted by atomic mass is 9.94. The van der Waals surface area contributed by atoms with Gasteiger partial charge in [-0.15, -0.1) is 0 Å². The first-order chi connectivity index (χ1) is 10.8. The van der Waals surface area contributed by atoms with E-state index < -0.39 is 0 Å². The smallest absolute Gasteiger partial charge is 0.0239 e. The maximum absolute atomic E-state index is 2.27. The van der Waals surface area contributed by atoms with Crippen LogP contribution in [0.25, 0.3) is 21.5 Å². The van der Waals surface area contributed by atoms with E-state index in [1.54, 1.807) is 0 Å². The van der Waals surface area contributed by atoms with Gasteiger partial charge >= 0.3 is 0 Å². The fourth-order valence-electron chi connectivity index (χ4n) is 3.28. The van der Waals surface area contributed by atoms with Crippen molar-refractivity contribution in [2.24, 2.45) is 0 Å². The summed E-state index contributed by atoms with van der Waals surface area (Å²) in [5.74, 6) is 0. The zero-order chi connectivity index (χ0) is 14.9. The van der Waals surface area contributed by atoms with E-state index in [4.69, 9.17) is 0 Å². The summed E-state index contributed by atoms with van der Waals surface area (Å²) in [5.41, 5.74) is 3.22. The molecule has 4 rings (SSSR count). The van der Waals surface area contributed by atoms with Crippen molar-refractivity contribution in [2.75, 3.05) is 0 Å². The van der Waals surface area contributed by atoms with Crippen LogP contribution in [0.4, 0.5) is 0 Å². The minimum Gasteiger partial charge on any atom is -0.0616 e. The van der Waals surface area contributed by atoms with Gasteiger partial charge in [-0.25, -0.2) is 0 Å². The van der Waals surface area contributed by atoms with Crippen LogP contribution >= 0.6 is 0 Å². The van der Waals surface area contributed by atoms with Gasteiger partial charge in [0.25, 0.3) is 0 Å². The zero-order valence-electron chi connectivity index (χ0n) is 12.4. The molecule has 105 valence electrons. The summed E-state index contributed by atoms with van der Waals surface area (Å²) in [6.07, 6.45) is 0. The quantitative estimate of drug-likeness (QED) is 0.470. The molecule has 4 aromatic rings. The lowest BCUT2D eigenvalue weighted by molar-refractivity contribution is 1.18. The Labute approximate surface area is 133 Å². The van der Waals surface area contributed by atoms with Crippen molar-refractivity contribution in [3.63, 3.8) is 0 Å². The lowest BCUT2D eigenvalue weighted by Gasteiger charge is -2.17. The highest BCUT2D eigenvalue weighted by atomic mass is 28.1. The second-order valence-corrected chi connectivity index (χ2v) is 6.51. The Balaban J connectivity index is 1.94. The van der Waals surface area contributed by atoms with Gasteiger partial charge in [-0.3, -0.25) is 0 Å². The fourth-order valence-corrected chi connectivity index (χ4v) is 3.99. The van der Waals surface area contributed by atoms with Crippen molar-refractivity contribution in [1.82, 2.24) is 0 Å². The predicted molar refractivity (Wildman–Crippen MR) is 98.3 cm³/mol. The van der Waals surface area contributed by atoms with E-state index in [1.807, 2.05) is 0 Å². The van der Waals surface area contributed by atoms with E-state index in [2.05, 4.69) is 95.2 Å². The molecule has 0 N–H and O–H groups in total. The molecule has 0 nitrogen and oxygen atoms in total. The van der Waals surface area contributed by atoms with E-state index in [0.29, 0.717) is 5.54 Å². The molecule has 0 aliphatic heterocycles. The molecule has 4 aromatic carbocycles. The average molecular weight is 297 g/mol. The molecule has 0 aliphatic carbocycles. The summed E-state index contributed by atoms with van der Waals surface area (Å²) in [7, 11) is 2.07. The summed E-state index contributed by atoms with van der Waals surface area (Å²) in [4.78, 5) is 0. The minimum absolute atomic E-state index is 0.400. The molecule has 1 radical (unpaired) electrons. The van der Waals surface area contributed by atoms with Crippen molar-refractivity contribution in [3.05, 3.63) is 96.1 Å². The first-order valence-corrected chi connectivity index (χ1v) is 8.44. The summed E-state index contributed by atoms with van der Waals surface area (Å²) >= 11 is 0. The molecule has 0 amide bonds. The standard InChI is InChI=1S/C21H17Si/c22-21(19-13-5-9-15-7-1-3-11-17(15)19)20-14-6-10-16-8-2-4-12-18(16)20/h1-14,21H,22H2. The number of benzene rings is 4. The monoisotopic (exact) mass is 297 g/mol. The van der Waals surface area contributed by atoms with Gasteiger partial charge in [-0.05, 0) is 38.2 Å². The van der Waals surface area contributed by atoms with Gasteiger partial charge in [0.05, 0.1) is 0 Å². The molecule has 0 fully saturated rings. The molecule has 0 aromatic heterocycles. The third-order valence-electron chi connectivity index (χ3n) is 4.40. The highest BCUT2D eigenvalue weighted by molar-refractivity contribution is 6.17. The molecule has 0 spiro atoms. The summed E-state index contributed by atoms with van der Waals surface area (Å²) < 4.78 is 0. The molecule has 0 saturated carbocycles. The predicted octanol–water partition coefficient (Wildman–Crippen LogP) is 4.72. The van der Waals surface area contributed by atoms with Crippen LogP contribution < -0.4 is 0 Å². The van der Waals surface area contributed by atoms with Crippen molar-refractivity contribution in [3.8, 4) is 0 Å². The fraction of sp³-hybridized carbons (Fsp3) is 0.0476. The topological polar surface area (TPSA) is 0 Å². The van der Waals surface area contributed by atoms with Gasteiger partial charge in [0.1, 0.15) is 0 Å². The molecule has 0 bridgehead atoms. The second kappa shape index (κ2) is 5.43. The Morgan fingerprint density at radius 3 is 1.41 bits per heavy atom. The van der Waals surface area contributed by atoms with E-state index in [-0.39, 0.29) is 0 Å². The first-order valence-electron chi connectivity index (χ1n) is 7.63. The largest absolute Gasteiger partial charge is 0.0616 e. The molecule has 1 heteroatoms. The van der Waals surface area contributed by atoms with Crippen LogP contribution in [-0.2, 0) is 0 Å². The molecule has 0 heterocycles. The average Bonchev–Trinajstić information content (AvgIpc) is 2.60. The lowest BCUT2D eigenvalue weighted by Crippen LogP contribution is -2.02. The Morgan fingerprint density at radius 1 is 0.500 bits per heavy atom. The normalized spacial score (nSPS) is 11.4. The third-order valence-corrected chi connectivity index (χ3v) is 5.28. The molecular formula is C21H17Si. The van der Waals surface area contributed by atoms with Crippen LogP contribution in [0, 0.1) is 0 Å². The van der Waals surface area contributed by atoms with Crippen molar-refractivity contribution in [1.29, 1.82) is 0 Å². The molecule has 22 heavy (non-hydrogen) atoms. The van der Waals surface area contributed by atoms with Gasteiger partial charge in [-0.1, -0.05) is 84.9 Å². The summed E-state index contributed by atoms with van der Waals surface area (Å²) in [5, 5.41) is 5.35. The van der Waals surface area contributed by atoms with Crippen LogP contribution in [0.15, 0.2) is 84.9 Å². The number of hydrogen-bond donors (Lipinski definition) is 0. The van der Waals surface area contributed by atoms with Crippen LogP contribution in [0.2, 0.25) is 0 Å². The molecule has 0 aliphatic rings. The Kier molecular flexibility index (Phi) is 3.28. The number of fused-ring (bicyclic) bond motifs is 2. The Bertz CT molecular complexity index is 866. The van der Waals surface area contributed by atoms with Crippen LogP contribution in [0.5, 0.6) is 0 Å². The number of hydrogen-bond acceptors (Lipinski definition) is 0. The zero-order valence-corrected chi connectivity index (χ0v) is 13.8. The van der Waals surface area contributed by atoms with Gasteiger partial charge in [0.15, 0.2) is 0 Å². The first kappa shape index (κ1) is 13.3. The highest BCUT2D eigenvalue weighted by Gasteiger charge is 2.13. The molecule has 0 saturated heterocycles. The summed E-state index contributed by atoms with van der Waals surface area (Å²) in [6.45, 7) is 0. The second-order valence-electron chi connectivity index (χ2n) is 5.69. The molecule has 0 atom stereocenters. The van der Waals surface area contributed by atoms with E-state index in [9.17, 15) is 0 Å². The number of rotatable bonds is 2. The van der Waals surface area contributed by atoms with E-state index in [0.717, 1.165) is 0 Å². The molecule has 0 unspecified atom stereocenters. The highest BCUT2D eigenvalue weighted by Crippen LogP contribution is 2.32. The van der Waals surface area contributed by atoms with Gasteiger partial charge in [-0.2, -0.15) is 0 Å². The van der Waals surface area contributed by atoms with Gasteiger partial charge in [0, 0.05) is 10.2 Å². The van der Waals surface area contributed by atoms with Gasteiger partial charge < -0.3 is 0 Å². The van der Waals surface area contributed by atoms with Crippen LogP contribution in [0.3, 0.4) is 0 Å². The Hall–Kier alpha value is -2.38. The maximum atomic E-state index is 2.27. The van der Waals surface area contributed by atoms with E-state index >= 15 is 0 Å². The van der Waals surface area contributed by atoms with Crippen LogP contribution in [0.1, 0.15) is 16.7 Å². The van der Waals surface area contributed by atoms with Crippen LogP contribution in [-0.4, -0.2) is 10.2 Å². The van der Waals surface area contributed by atoms with Crippen molar-refractivity contribution < 1.29 is 0 Å². The minimum atomic E-state index is 0.400. The Morgan fingerprint density at radius 2 is 0.909 bits per heavy atom. The molecular weight excluding hydrogens is 280 g/mol. The summed E-state index contributed by atoms with van der Waals surface area (Å²) in [6, 6.07) is 30.6. The van der Waals surface area contributed by atoms with Crippen molar-refractivity contribution >= 4 is 31.8 Å². The SMILES string of the molecule is [SiH2]C(c1cccc2ccccc12)c1cccc2ccccc12. The van der Waals surface area contributed by atoms with Crippen molar-refractivity contribution in [2.45, 2.75) is 5.54 Å².